The number of benzene rings is 3. The summed E-state index contributed by atoms with van der Waals surface area (Å²) in [7, 11) is 0. The molecule has 2 heterocycles. The summed E-state index contributed by atoms with van der Waals surface area (Å²) in [4.78, 5) is 28.7. The zero-order valence-corrected chi connectivity index (χ0v) is 24.6. The normalized spacial score (nSPS) is 14.3. The van der Waals surface area contributed by atoms with Crippen LogP contribution in [0.15, 0.2) is 59.4 Å². The second-order valence-corrected chi connectivity index (χ2v) is 11.9. The van der Waals surface area contributed by atoms with Gasteiger partial charge in [-0.25, -0.2) is 4.79 Å². The maximum absolute atomic E-state index is 13.8. The van der Waals surface area contributed by atoms with Crippen LogP contribution >= 0.6 is 0 Å². The van der Waals surface area contributed by atoms with Gasteiger partial charge in [-0.2, -0.15) is 0 Å². The fourth-order valence-electron chi connectivity index (χ4n) is 5.43. The third-order valence-corrected chi connectivity index (χ3v) is 7.47. The Morgan fingerprint density at radius 2 is 1.67 bits per heavy atom. The van der Waals surface area contributed by atoms with E-state index < -0.39 is 11.6 Å². The van der Waals surface area contributed by atoms with Crippen molar-refractivity contribution in [3.63, 3.8) is 0 Å². The number of rotatable bonds is 7. The number of esters is 1. The van der Waals surface area contributed by atoms with E-state index in [2.05, 4.69) is 0 Å². The number of likely N-dealkylation sites (tertiary alicyclic amines) is 1. The maximum Gasteiger partial charge on any atom is 0.329 e. The van der Waals surface area contributed by atoms with Crippen LogP contribution < -0.4 is 16.2 Å². The second kappa shape index (κ2) is 11.3. The van der Waals surface area contributed by atoms with Crippen LogP contribution in [0.2, 0.25) is 0 Å². The number of carbonyl (C=O) groups is 1. The molecule has 220 valence electrons. The van der Waals surface area contributed by atoms with Crippen molar-refractivity contribution in [2.45, 2.75) is 65.3 Å². The number of piperidine rings is 1. The van der Waals surface area contributed by atoms with Crippen molar-refractivity contribution >= 4 is 39.4 Å². The van der Waals surface area contributed by atoms with Gasteiger partial charge >= 0.3 is 11.7 Å². The predicted octanol–water partition coefficient (Wildman–Crippen LogP) is 4.47. The third-order valence-electron chi connectivity index (χ3n) is 7.47. The standard InChI is InChI=1S/C32H38N6O4/c1-20(33)36-13-11-25(12-14-36)41-26-9-10-27-28(17-26)38(19-29(39)42-32(2,3)4)31(40)37(27)18-21-5-6-22-7-8-23(30(34)35)16-24(22)15-21/h5-10,15-17,25,33H,11-14,18-19H2,1-4H3,(H3,34,35). The van der Waals surface area contributed by atoms with Crippen molar-refractivity contribution in [2.75, 3.05) is 13.1 Å². The minimum atomic E-state index is -0.680. The van der Waals surface area contributed by atoms with Crippen molar-refractivity contribution in [1.82, 2.24) is 14.0 Å². The van der Waals surface area contributed by atoms with Gasteiger partial charge in [0, 0.05) is 37.6 Å². The minimum Gasteiger partial charge on any atom is -0.490 e. The number of nitrogens with two attached hydrogens (primary N) is 1. The van der Waals surface area contributed by atoms with E-state index >= 15 is 0 Å². The summed E-state index contributed by atoms with van der Waals surface area (Å²) in [6.07, 6.45) is 1.60. The Morgan fingerprint density at radius 3 is 2.33 bits per heavy atom. The lowest BCUT2D eigenvalue weighted by atomic mass is 10.0. The van der Waals surface area contributed by atoms with Gasteiger partial charge in [0.1, 0.15) is 29.8 Å². The van der Waals surface area contributed by atoms with Crippen molar-refractivity contribution in [3.05, 3.63) is 76.2 Å². The first-order valence-electron chi connectivity index (χ1n) is 14.2. The van der Waals surface area contributed by atoms with Gasteiger partial charge < -0.3 is 20.1 Å². The number of carbonyl (C=O) groups excluding carboxylic acids is 1. The lowest BCUT2D eigenvalue weighted by Gasteiger charge is -2.32. The summed E-state index contributed by atoms with van der Waals surface area (Å²) in [5.74, 6) is 0.696. The largest absolute Gasteiger partial charge is 0.490 e. The van der Waals surface area contributed by atoms with E-state index in [4.69, 9.17) is 26.0 Å². The fourth-order valence-corrected chi connectivity index (χ4v) is 5.43. The number of imidazole rings is 1. The van der Waals surface area contributed by atoms with Gasteiger partial charge in [-0.1, -0.05) is 24.3 Å². The number of hydrogen-bond donors (Lipinski definition) is 3. The van der Waals surface area contributed by atoms with Crippen molar-refractivity contribution in [3.8, 4) is 5.75 Å². The van der Waals surface area contributed by atoms with E-state index in [1.54, 1.807) is 32.3 Å². The molecular weight excluding hydrogens is 532 g/mol. The molecule has 3 aromatic carbocycles. The summed E-state index contributed by atoms with van der Waals surface area (Å²) in [6.45, 7) is 8.79. The van der Waals surface area contributed by atoms with Gasteiger partial charge in [-0.15, -0.1) is 0 Å². The maximum atomic E-state index is 13.8. The summed E-state index contributed by atoms with van der Waals surface area (Å²) in [5.41, 5.74) is 7.51. The average Bonchev–Trinajstić information content (AvgIpc) is 3.17. The number of hydrogen-bond acceptors (Lipinski definition) is 6. The molecule has 42 heavy (non-hydrogen) atoms. The first-order chi connectivity index (χ1) is 19.9. The molecule has 0 saturated carbocycles. The Hall–Kier alpha value is -4.60. The second-order valence-electron chi connectivity index (χ2n) is 11.9. The molecule has 1 aromatic heterocycles. The van der Waals surface area contributed by atoms with Gasteiger partial charge in [0.25, 0.3) is 0 Å². The highest BCUT2D eigenvalue weighted by molar-refractivity contribution is 5.99. The molecule has 4 aromatic rings. The summed E-state index contributed by atoms with van der Waals surface area (Å²) in [5, 5.41) is 17.6. The predicted molar refractivity (Wildman–Crippen MR) is 165 cm³/mol. The molecular formula is C32H38N6O4. The average molecular weight is 571 g/mol. The molecule has 0 spiro atoms. The number of nitrogens with one attached hydrogen (secondary N) is 2. The Bertz CT molecular complexity index is 1740. The van der Waals surface area contributed by atoms with Gasteiger partial charge in [-0.3, -0.25) is 24.7 Å². The molecule has 1 fully saturated rings. The van der Waals surface area contributed by atoms with Crippen LogP contribution in [0.25, 0.3) is 21.8 Å². The van der Waals surface area contributed by atoms with Crippen LogP contribution in [0, 0.1) is 10.8 Å². The molecule has 10 heteroatoms. The zero-order chi connectivity index (χ0) is 30.2. The topological polar surface area (TPSA) is 139 Å². The van der Waals surface area contributed by atoms with E-state index in [0.29, 0.717) is 34.7 Å². The van der Waals surface area contributed by atoms with Crippen LogP contribution in [0.5, 0.6) is 5.75 Å². The van der Waals surface area contributed by atoms with Crippen LogP contribution in [0.1, 0.15) is 51.7 Å². The number of ether oxygens (including phenoxy) is 2. The SMILES string of the molecule is CC(=N)N1CCC(Oc2ccc3c(c2)n(CC(=O)OC(C)(C)C)c(=O)n3Cc2ccc3ccc(C(=N)N)cc3c2)CC1. The van der Waals surface area contributed by atoms with E-state index in [-0.39, 0.29) is 24.2 Å². The fraction of sp³-hybridized carbons (Fsp3) is 0.375. The number of fused-ring (bicyclic) bond motifs is 2. The molecule has 5 rings (SSSR count). The molecule has 1 saturated heterocycles. The van der Waals surface area contributed by atoms with Gasteiger partial charge in [-0.05, 0) is 68.3 Å². The molecule has 0 radical (unpaired) electrons. The Balaban J connectivity index is 1.49. The van der Waals surface area contributed by atoms with Crippen LogP contribution in [-0.2, 0) is 22.6 Å². The van der Waals surface area contributed by atoms with E-state index in [9.17, 15) is 9.59 Å². The van der Waals surface area contributed by atoms with Gasteiger partial charge in [0.15, 0.2) is 0 Å². The number of aromatic nitrogens is 2. The first kappa shape index (κ1) is 28.9. The monoisotopic (exact) mass is 570 g/mol. The van der Waals surface area contributed by atoms with Crippen molar-refractivity contribution < 1.29 is 14.3 Å². The molecule has 0 atom stereocenters. The molecule has 4 N–H and O–H groups in total. The van der Waals surface area contributed by atoms with Gasteiger partial charge in [0.05, 0.1) is 23.4 Å². The van der Waals surface area contributed by atoms with E-state index in [1.807, 2.05) is 59.5 Å². The molecule has 1 aliphatic rings. The quantitative estimate of drug-likeness (QED) is 0.170. The molecule has 0 aliphatic carbocycles. The summed E-state index contributed by atoms with van der Waals surface area (Å²) >= 11 is 0. The molecule has 0 bridgehead atoms. The van der Waals surface area contributed by atoms with Crippen LogP contribution in [0.4, 0.5) is 0 Å². The molecule has 10 nitrogen and oxygen atoms in total. The smallest absolute Gasteiger partial charge is 0.329 e. The number of nitrogens with zero attached hydrogens (tertiary/aromatic N) is 3. The van der Waals surface area contributed by atoms with Crippen molar-refractivity contribution in [1.29, 1.82) is 10.8 Å². The van der Waals surface area contributed by atoms with Gasteiger partial charge in [0.2, 0.25) is 0 Å². The molecule has 1 aliphatic heterocycles. The minimum absolute atomic E-state index is 0.00264. The van der Waals surface area contributed by atoms with Crippen LogP contribution in [0.3, 0.4) is 0 Å². The summed E-state index contributed by atoms with van der Waals surface area (Å²) < 4.78 is 15.0. The molecule has 0 unspecified atom stereocenters. The Morgan fingerprint density at radius 1 is 0.952 bits per heavy atom. The first-order valence-corrected chi connectivity index (χ1v) is 14.2. The van der Waals surface area contributed by atoms with Crippen molar-refractivity contribution in [2.24, 2.45) is 5.73 Å². The number of amidine groups is 2. The highest BCUT2D eigenvalue weighted by atomic mass is 16.6. The van der Waals surface area contributed by atoms with E-state index in [1.165, 1.54) is 4.57 Å². The van der Waals surface area contributed by atoms with E-state index in [0.717, 1.165) is 42.3 Å². The van der Waals surface area contributed by atoms with Crippen LogP contribution in [-0.4, -0.2) is 56.5 Å². The Kier molecular flexibility index (Phi) is 7.81. The lowest BCUT2D eigenvalue weighted by molar-refractivity contribution is -0.155. The highest BCUT2D eigenvalue weighted by Crippen LogP contribution is 2.26. The highest BCUT2D eigenvalue weighted by Gasteiger charge is 2.23. The number of nitrogen functional groups attached to an aromatic ring is 1. The Labute approximate surface area is 244 Å². The summed E-state index contributed by atoms with van der Waals surface area (Å²) in [6, 6.07) is 17.1. The lowest BCUT2D eigenvalue weighted by Crippen LogP contribution is -2.40. The molecule has 0 amide bonds. The third kappa shape index (κ3) is 6.32. The zero-order valence-electron chi connectivity index (χ0n) is 24.6.